The number of ether oxygens (including phenoxy) is 1. The second-order valence-electron chi connectivity index (χ2n) is 7.43. The van der Waals surface area contributed by atoms with Gasteiger partial charge < -0.3 is 14.7 Å². The van der Waals surface area contributed by atoms with Crippen LogP contribution in [0.5, 0.6) is 5.75 Å². The van der Waals surface area contributed by atoms with Crippen molar-refractivity contribution in [3.05, 3.63) is 89.7 Å². The van der Waals surface area contributed by atoms with Gasteiger partial charge in [-0.25, -0.2) is 9.18 Å². The van der Waals surface area contributed by atoms with Crippen molar-refractivity contribution in [2.24, 2.45) is 0 Å². The minimum atomic E-state index is -1.11. The lowest BCUT2D eigenvalue weighted by atomic mass is 9.96. The summed E-state index contributed by atoms with van der Waals surface area (Å²) in [6.07, 6.45) is 0.607. The van der Waals surface area contributed by atoms with Crippen LogP contribution in [0.15, 0.2) is 72.8 Å². The molecule has 1 aliphatic heterocycles. The first-order valence-corrected chi connectivity index (χ1v) is 10.0. The average molecular weight is 419 g/mol. The molecule has 0 aromatic heterocycles. The number of hydrogen-bond acceptors (Lipinski definition) is 3. The lowest BCUT2D eigenvalue weighted by Gasteiger charge is -2.30. The third-order valence-electron chi connectivity index (χ3n) is 5.71. The predicted octanol–water partition coefficient (Wildman–Crippen LogP) is 4.93. The van der Waals surface area contributed by atoms with Gasteiger partial charge in [0.15, 0.2) is 0 Å². The van der Waals surface area contributed by atoms with Crippen molar-refractivity contribution in [2.45, 2.75) is 24.9 Å². The summed E-state index contributed by atoms with van der Waals surface area (Å²) in [6.45, 7) is 0. The van der Waals surface area contributed by atoms with Crippen molar-refractivity contribution in [2.75, 3.05) is 7.11 Å². The quantitative estimate of drug-likeness (QED) is 0.637. The van der Waals surface area contributed by atoms with Gasteiger partial charge in [-0.2, -0.15) is 0 Å². The van der Waals surface area contributed by atoms with E-state index in [-0.39, 0.29) is 12.0 Å². The Morgan fingerprint density at radius 1 is 0.968 bits per heavy atom. The van der Waals surface area contributed by atoms with Gasteiger partial charge in [0.05, 0.1) is 18.7 Å². The van der Waals surface area contributed by atoms with E-state index in [9.17, 15) is 19.1 Å². The Bertz CT molecular complexity index is 1120. The normalized spacial score (nSPS) is 18.1. The minimum absolute atomic E-state index is 0.246. The Morgan fingerprint density at radius 2 is 1.68 bits per heavy atom. The maximum Gasteiger partial charge on any atom is 0.326 e. The van der Waals surface area contributed by atoms with E-state index in [0.717, 1.165) is 5.56 Å². The summed E-state index contributed by atoms with van der Waals surface area (Å²) in [5, 5.41) is 9.81. The zero-order valence-corrected chi connectivity index (χ0v) is 17.0. The highest BCUT2D eigenvalue weighted by atomic mass is 19.1. The van der Waals surface area contributed by atoms with Crippen molar-refractivity contribution in [1.29, 1.82) is 0 Å². The molecule has 1 heterocycles. The summed E-state index contributed by atoms with van der Waals surface area (Å²) in [6, 6.07) is 19.1. The highest BCUT2D eigenvalue weighted by molar-refractivity contribution is 6.05. The van der Waals surface area contributed by atoms with E-state index in [1.54, 1.807) is 36.4 Å². The molecule has 6 heteroatoms. The fraction of sp³-hybridized carbons (Fsp3) is 0.200. The number of carbonyl (C=O) groups excluding carboxylic acids is 1. The van der Waals surface area contributed by atoms with Gasteiger partial charge in [0.1, 0.15) is 17.6 Å². The largest absolute Gasteiger partial charge is 0.496 e. The zero-order chi connectivity index (χ0) is 22.0. The van der Waals surface area contributed by atoms with Gasteiger partial charge in [0, 0.05) is 5.56 Å². The number of rotatable bonds is 5. The number of aliphatic carboxylic acids is 1. The smallest absolute Gasteiger partial charge is 0.326 e. The van der Waals surface area contributed by atoms with Crippen LogP contribution < -0.4 is 4.74 Å². The predicted molar refractivity (Wildman–Crippen MR) is 114 cm³/mol. The van der Waals surface area contributed by atoms with Crippen molar-refractivity contribution in [1.82, 2.24) is 4.90 Å². The van der Waals surface area contributed by atoms with Crippen molar-refractivity contribution in [3.8, 4) is 16.9 Å². The van der Waals surface area contributed by atoms with Gasteiger partial charge in [-0.3, -0.25) is 4.79 Å². The van der Waals surface area contributed by atoms with Crippen LogP contribution in [0, 0.1) is 5.82 Å². The molecular formula is C25H22FNO4. The van der Waals surface area contributed by atoms with Crippen molar-refractivity contribution < 1.29 is 23.8 Å². The third kappa shape index (κ3) is 3.77. The van der Waals surface area contributed by atoms with Gasteiger partial charge in [-0.15, -0.1) is 0 Å². The number of halogens is 1. The molecule has 4 rings (SSSR count). The lowest BCUT2D eigenvalue weighted by Crippen LogP contribution is -2.42. The molecule has 5 nitrogen and oxygen atoms in total. The Kier molecular flexibility index (Phi) is 5.71. The number of carboxylic acid groups (broad SMARTS) is 1. The van der Waals surface area contributed by atoms with E-state index in [2.05, 4.69) is 0 Å². The van der Waals surface area contributed by atoms with Crippen LogP contribution in [0.2, 0.25) is 0 Å². The van der Waals surface area contributed by atoms with Gasteiger partial charge in [0.25, 0.3) is 5.91 Å². The van der Waals surface area contributed by atoms with Crippen LogP contribution in [0.3, 0.4) is 0 Å². The SMILES string of the molecule is COc1cccc(-c2ccccc2)c1C(=O)N1C(C(=O)O)CCC1c1ccccc1F. The second kappa shape index (κ2) is 8.60. The van der Waals surface area contributed by atoms with Crippen molar-refractivity contribution >= 4 is 11.9 Å². The van der Waals surface area contributed by atoms with Gasteiger partial charge in [0.2, 0.25) is 0 Å². The van der Waals surface area contributed by atoms with E-state index >= 15 is 0 Å². The van der Waals surface area contributed by atoms with E-state index in [4.69, 9.17) is 4.74 Å². The molecule has 0 aliphatic carbocycles. The molecule has 3 aromatic carbocycles. The molecule has 1 aliphatic rings. The van der Waals surface area contributed by atoms with Crippen LogP contribution in [-0.2, 0) is 4.79 Å². The first-order chi connectivity index (χ1) is 15.0. The fourth-order valence-corrected chi connectivity index (χ4v) is 4.30. The summed E-state index contributed by atoms with van der Waals surface area (Å²) in [5.74, 6) is -1.72. The Hall–Kier alpha value is -3.67. The molecule has 158 valence electrons. The molecule has 31 heavy (non-hydrogen) atoms. The number of amides is 1. The van der Waals surface area contributed by atoms with E-state index in [1.807, 2.05) is 30.3 Å². The molecule has 0 bridgehead atoms. The topological polar surface area (TPSA) is 66.8 Å². The molecule has 3 aromatic rings. The maximum absolute atomic E-state index is 14.6. The first kappa shape index (κ1) is 20.6. The number of carboxylic acids is 1. The molecule has 2 unspecified atom stereocenters. The van der Waals surface area contributed by atoms with E-state index in [1.165, 1.54) is 18.1 Å². The van der Waals surface area contributed by atoms with Crippen LogP contribution in [-0.4, -0.2) is 35.0 Å². The highest BCUT2D eigenvalue weighted by Crippen LogP contribution is 2.41. The highest BCUT2D eigenvalue weighted by Gasteiger charge is 2.44. The number of likely N-dealkylation sites (tertiary alicyclic amines) is 1. The molecule has 1 saturated heterocycles. The Morgan fingerprint density at radius 3 is 2.35 bits per heavy atom. The van der Waals surface area contributed by atoms with E-state index < -0.39 is 29.8 Å². The second-order valence-corrected chi connectivity index (χ2v) is 7.43. The third-order valence-corrected chi connectivity index (χ3v) is 5.71. The molecule has 0 spiro atoms. The standard InChI is InChI=1S/C25H22FNO4/c1-31-22-13-7-11-17(16-8-3-2-4-9-16)23(22)24(28)27-20(14-15-21(27)25(29)30)18-10-5-6-12-19(18)26/h2-13,20-21H,14-15H2,1H3,(H,29,30). The first-order valence-electron chi connectivity index (χ1n) is 10.0. The Labute approximate surface area is 179 Å². The van der Waals surface area contributed by atoms with Crippen LogP contribution in [0.1, 0.15) is 34.8 Å². The fourth-order valence-electron chi connectivity index (χ4n) is 4.30. The summed E-state index contributed by atoms with van der Waals surface area (Å²) in [5.41, 5.74) is 2.02. The maximum atomic E-state index is 14.6. The number of benzene rings is 3. The summed E-state index contributed by atoms with van der Waals surface area (Å²) >= 11 is 0. The van der Waals surface area contributed by atoms with Gasteiger partial charge >= 0.3 is 5.97 Å². The van der Waals surface area contributed by atoms with Gasteiger partial charge in [-0.1, -0.05) is 60.7 Å². The van der Waals surface area contributed by atoms with E-state index in [0.29, 0.717) is 23.3 Å². The minimum Gasteiger partial charge on any atom is -0.496 e. The number of methoxy groups -OCH3 is 1. The van der Waals surface area contributed by atoms with Crippen LogP contribution in [0.4, 0.5) is 4.39 Å². The number of hydrogen-bond donors (Lipinski definition) is 1. The monoisotopic (exact) mass is 419 g/mol. The molecule has 2 atom stereocenters. The molecule has 1 N–H and O–H groups in total. The molecule has 0 saturated carbocycles. The molecule has 1 amide bonds. The summed E-state index contributed by atoms with van der Waals surface area (Å²) in [7, 11) is 1.47. The summed E-state index contributed by atoms with van der Waals surface area (Å²) in [4.78, 5) is 27.2. The molecular weight excluding hydrogens is 397 g/mol. The average Bonchev–Trinajstić information content (AvgIpc) is 3.24. The van der Waals surface area contributed by atoms with Crippen molar-refractivity contribution in [3.63, 3.8) is 0 Å². The zero-order valence-electron chi connectivity index (χ0n) is 17.0. The molecule has 1 fully saturated rings. The van der Waals surface area contributed by atoms with Crippen LogP contribution >= 0.6 is 0 Å². The van der Waals surface area contributed by atoms with Crippen LogP contribution in [0.25, 0.3) is 11.1 Å². The number of carbonyl (C=O) groups is 2. The Balaban J connectivity index is 1.87. The molecule has 0 radical (unpaired) electrons. The summed E-state index contributed by atoms with van der Waals surface area (Å²) < 4.78 is 20.1. The number of nitrogens with zero attached hydrogens (tertiary/aromatic N) is 1. The van der Waals surface area contributed by atoms with Gasteiger partial charge in [-0.05, 0) is 36.1 Å². The lowest BCUT2D eigenvalue weighted by molar-refractivity contribution is -0.141.